The molecule has 0 unspecified atom stereocenters. The molecule has 3 aromatic rings. The molecule has 0 saturated carbocycles. The summed E-state index contributed by atoms with van der Waals surface area (Å²) < 4.78 is 37.1. The minimum Gasteiger partial charge on any atom is -0.394 e. The van der Waals surface area contributed by atoms with Crippen LogP contribution in [-0.2, 0) is 14.9 Å². The maximum Gasteiger partial charge on any atom is 0.294 e. The molecule has 0 aliphatic heterocycles. The van der Waals surface area contributed by atoms with Crippen molar-refractivity contribution in [3.05, 3.63) is 58.7 Å². The van der Waals surface area contributed by atoms with E-state index in [1.54, 1.807) is 32.0 Å². The van der Waals surface area contributed by atoms with Gasteiger partial charge in [0, 0.05) is 12.1 Å². The minimum atomic E-state index is -4.35. The number of ether oxygens (including phenoxy) is 1. The number of nitrogens with zero attached hydrogens (tertiary/aromatic N) is 6. The maximum absolute atomic E-state index is 11.3. The third kappa shape index (κ3) is 7.62. The van der Waals surface area contributed by atoms with Gasteiger partial charge in [-0.3, -0.25) is 4.55 Å². The first-order valence-electron chi connectivity index (χ1n) is 11.7. The van der Waals surface area contributed by atoms with Gasteiger partial charge in [0.2, 0.25) is 0 Å². The number of nitrogens with two attached hydrogens (primary N) is 1. The quantitative estimate of drug-likeness (QED) is 0.144. The number of nitrogen functional groups attached to an aromatic ring is 1. The number of aromatic nitrogens is 1. The predicted octanol–water partition coefficient (Wildman–Crippen LogP) is 4.96. The molecule has 13 nitrogen and oxygen atoms in total. The summed E-state index contributed by atoms with van der Waals surface area (Å²) in [6, 6.07) is 11.1. The first kappa shape index (κ1) is 29.3. The van der Waals surface area contributed by atoms with Crippen LogP contribution < -0.4 is 11.1 Å². The highest BCUT2D eigenvalue weighted by molar-refractivity contribution is 7.85. The van der Waals surface area contributed by atoms with Gasteiger partial charge in [-0.15, -0.1) is 5.11 Å². The van der Waals surface area contributed by atoms with E-state index >= 15 is 0 Å². The van der Waals surface area contributed by atoms with Gasteiger partial charge in [-0.2, -0.15) is 29.0 Å². The van der Waals surface area contributed by atoms with Crippen LogP contribution in [0.25, 0.3) is 0 Å². The summed E-state index contributed by atoms with van der Waals surface area (Å²) in [5.41, 5.74) is 9.99. The number of benzene rings is 2. The summed E-state index contributed by atoms with van der Waals surface area (Å²) in [6.45, 7) is 6.15. The zero-order valence-electron chi connectivity index (χ0n) is 21.6. The highest BCUT2D eigenvalue weighted by Crippen LogP contribution is 2.35. The molecule has 1 heterocycles. The van der Waals surface area contributed by atoms with E-state index in [0.717, 1.165) is 11.1 Å². The fourth-order valence-corrected chi connectivity index (χ4v) is 3.96. The second kappa shape index (κ2) is 13.0. The largest absolute Gasteiger partial charge is 0.394 e. The Morgan fingerprint density at radius 2 is 1.72 bits per heavy atom. The number of nitriles is 1. The van der Waals surface area contributed by atoms with E-state index in [1.165, 1.54) is 18.2 Å². The normalized spacial score (nSPS) is 11.8. The number of nitrogens with one attached hydrogen (secondary N) is 1. The van der Waals surface area contributed by atoms with Crippen LogP contribution in [0.4, 0.5) is 34.4 Å². The summed E-state index contributed by atoms with van der Waals surface area (Å²) in [4.78, 5) is 3.99. The molecular formula is C25H28N8O5S. The zero-order chi connectivity index (χ0) is 28.6. The van der Waals surface area contributed by atoms with Gasteiger partial charge in [0.1, 0.15) is 17.6 Å². The van der Waals surface area contributed by atoms with Crippen LogP contribution in [0.1, 0.15) is 22.3 Å². The van der Waals surface area contributed by atoms with Crippen LogP contribution in [0, 0.1) is 32.1 Å². The van der Waals surface area contributed by atoms with Crippen molar-refractivity contribution in [2.24, 2.45) is 20.5 Å². The topological polar surface area (TPSA) is 208 Å². The van der Waals surface area contributed by atoms with Crippen LogP contribution >= 0.6 is 0 Å². The Bertz CT molecular complexity index is 1570. The number of aliphatic hydroxyl groups excluding tert-OH is 1. The highest BCUT2D eigenvalue weighted by atomic mass is 32.2. The van der Waals surface area contributed by atoms with Gasteiger partial charge in [-0.25, -0.2) is 4.98 Å². The molecule has 0 spiro atoms. The third-order valence-electron chi connectivity index (χ3n) is 5.49. The molecule has 0 bridgehead atoms. The summed E-state index contributed by atoms with van der Waals surface area (Å²) in [5, 5.41) is 38.3. The van der Waals surface area contributed by atoms with Crippen LogP contribution in [-0.4, -0.2) is 49.4 Å². The molecule has 39 heavy (non-hydrogen) atoms. The molecule has 0 amide bonds. The third-order valence-corrected chi connectivity index (χ3v) is 6.34. The van der Waals surface area contributed by atoms with Crippen molar-refractivity contribution < 1.29 is 22.8 Å². The van der Waals surface area contributed by atoms with Gasteiger partial charge in [-0.05, 0) is 62.2 Å². The van der Waals surface area contributed by atoms with Crippen molar-refractivity contribution >= 4 is 44.5 Å². The summed E-state index contributed by atoms with van der Waals surface area (Å²) in [5.74, 6) is 0.406. The number of anilines is 2. The molecule has 0 aliphatic carbocycles. The molecule has 2 aromatic carbocycles. The number of azo groups is 2. The second-order valence-electron chi connectivity index (χ2n) is 8.37. The van der Waals surface area contributed by atoms with Gasteiger partial charge >= 0.3 is 0 Å². The van der Waals surface area contributed by atoms with Crippen molar-refractivity contribution in [3.8, 4) is 6.07 Å². The van der Waals surface area contributed by atoms with E-state index < -0.39 is 10.1 Å². The second-order valence-corrected chi connectivity index (χ2v) is 9.79. The predicted molar refractivity (Wildman–Crippen MR) is 145 cm³/mol. The lowest BCUT2D eigenvalue weighted by Crippen LogP contribution is -2.14. The van der Waals surface area contributed by atoms with E-state index in [1.807, 2.05) is 6.92 Å². The molecule has 14 heteroatoms. The van der Waals surface area contributed by atoms with E-state index in [0.29, 0.717) is 35.9 Å². The molecule has 0 fully saturated rings. The van der Waals surface area contributed by atoms with Gasteiger partial charge in [-0.1, -0.05) is 6.07 Å². The molecule has 1 aromatic heterocycles. The maximum atomic E-state index is 11.3. The van der Waals surface area contributed by atoms with Gasteiger partial charge in [0.05, 0.1) is 47.3 Å². The average Bonchev–Trinajstić information content (AvgIpc) is 2.89. The Morgan fingerprint density at radius 1 is 1.05 bits per heavy atom. The lowest BCUT2D eigenvalue weighted by atomic mass is 10.1. The average molecular weight is 553 g/mol. The standard InChI is InChI=1S/C25H28N8O5S/c1-15-12-22(16(2)11-21(15)31-30-18-5-4-6-19(13-18)39(35,36)37)32-33-23-17(3)20(14-26)25(29-24(23)27)28-7-9-38-10-8-34/h4-6,11-13,34H,7-10H2,1-3H3,(H3,27,28,29)(H,35,36,37). The van der Waals surface area contributed by atoms with Crippen LogP contribution in [0.3, 0.4) is 0 Å². The van der Waals surface area contributed by atoms with Crippen molar-refractivity contribution in [2.45, 2.75) is 25.7 Å². The molecule has 0 atom stereocenters. The molecule has 0 saturated heterocycles. The Kier molecular flexibility index (Phi) is 9.74. The molecule has 5 N–H and O–H groups in total. The molecule has 204 valence electrons. The molecule has 0 aliphatic rings. The number of hydrogen-bond acceptors (Lipinski definition) is 12. The van der Waals surface area contributed by atoms with Crippen molar-refractivity contribution in [3.63, 3.8) is 0 Å². The number of pyridine rings is 1. The van der Waals surface area contributed by atoms with Gasteiger partial charge in [0.25, 0.3) is 10.1 Å². The van der Waals surface area contributed by atoms with E-state index in [4.69, 9.17) is 15.6 Å². The van der Waals surface area contributed by atoms with E-state index in [-0.39, 0.29) is 40.9 Å². The van der Waals surface area contributed by atoms with Crippen LogP contribution in [0.5, 0.6) is 0 Å². The zero-order valence-corrected chi connectivity index (χ0v) is 22.4. The SMILES string of the molecule is Cc1cc(N=Nc2c(N)nc(NCCOCCO)c(C#N)c2C)c(C)cc1N=Nc1cccc(S(=O)(=O)O)c1. The number of rotatable bonds is 11. The fraction of sp³-hybridized carbons (Fsp3) is 0.280. The van der Waals surface area contributed by atoms with Crippen molar-refractivity contribution in [1.29, 1.82) is 5.26 Å². The van der Waals surface area contributed by atoms with E-state index in [9.17, 15) is 18.2 Å². The Labute approximate surface area is 225 Å². The Hall–Kier alpha value is -4.29. The summed E-state index contributed by atoms with van der Waals surface area (Å²) in [7, 11) is -4.35. The monoisotopic (exact) mass is 552 g/mol. The number of hydrogen-bond donors (Lipinski definition) is 4. The van der Waals surface area contributed by atoms with Crippen molar-refractivity contribution in [1.82, 2.24) is 4.98 Å². The Morgan fingerprint density at radius 3 is 2.33 bits per heavy atom. The Balaban J connectivity index is 1.83. The first-order valence-corrected chi connectivity index (χ1v) is 13.1. The first-order chi connectivity index (χ1) is 18.5. The summed E-state index contributed by atoms with van der Waals surface area (Å²) in [6.07, 6.45) is 0. The van der Waals surface area contributed by atoms with Gasteiger partial charge < -0.3 is 20.9 Å². The lowest BCUT2D eigenvalue weighted by Gasteiger charge is -2.12. The van der Waals surface area contributed by atoms with Crippen LogP contribution in [0.2, 0.25) is 0 Å². The van der Waals surface area contributed by atoms with E-state index in [2.05, 4.69) is 36.8 Å². The smallest absolute Gasteiger partial charge is 0.294 e. The lowest BCUT2D eigenvalue weighted by molar-refractivity contribution is 0.0992. The highest BCUT2D eigenvalue weighted by Gasteiger charge is 2.16. The van der Waals surface area contributed by atoms with Crippen molar-refractivity contribution in [2.75, 3.05) is 37.4 Å². The fourth-order valence-electron chi connectivity index (χ4n) is 3.44. The van der Waals surface area contributed by atoms with Gasteiger partial charge in [0.15, 0.2) is 5.82 Å². The number of aryl methyl sites for hydroxylation is 2. The molecule has 0 radical (unpaired) electrons. The van der Waals surface area contributed by atoms with Crippen LogP contribution in [0.15, 0.2) is 61.8 Å². The molecular weight excluding hydrogens is 524 g/mol. The number of aliphatic hydroxyl groups is 1. The molecule has 3 rings (SSSR count). The summed E-state index contributed by atoms with van der Waals surface area (Å²) >= 11 is 0. The minimum absolute atomic E-state index is 0.0760.